The van der Waals surface area contributed by atoms with Crippen LogP contribution in [0, 0.1) is 6.92 Å². The molecule has 0 fully saturated rings. The summed E-state index contributed by atoms with van der Waals surface area (Å²) < 4.78 is 7.06. The molecular weight excluding hydrogens is 327 g/mol. The maximum atomic E-state index is 8.64. The molecule has 0 atom stereocenters. The van der Waals surface area contributed by atoms with E-state index in [4.69, 9.17) is 26.0 Å². The van der Waals surface area contributed by atoms with Gasteiger partial charge in [-0.05, 0) is 37.6 Å². The fourth-order valence-electron chi connectivity index (χ4n) is 1.74. The molecule has 0 unspecified atom stereocenters. The Balaban J connectivity index is 0.000000240. The minimum atomic E-state index is -1.83. The van der Waals surface area contributed by atoms with Gasteiger partial charge in [0.2, 0.25) is 0 Å². The second kappa shape index (κ2) is 10.9. The highest BCUT2D eigenvalue weighted by Gasteiger charge is 2.03. The molecule has 0 saturated carbocycles. The van der Waals surface area contributed by atoms with Gasteiger partial charge in [0.05, 0.1) is 18.0 Å². The summed E-state index contributed by atoms with van der Waals surface area (Å²) >= 11 is 0. The highest BCUT2D eigenvalue weighted by atomic mass is 31.2. The van der Waals surface area contributed by atoms with Gasteiger partial charge in [0, 0.05) is 24.6 Å². The number of anilines is 2. The molecule has 1 aromatic carbocycles. The lowest BCUT2D eigenvalue weighted by Gasteiger charge is -2.04. The zero-order chi connectivity index (χ0) is 17.9. The van der Waals surface area contributed by atoms with Gasteiger partial charge in [-0.1, -0.05) is 13.3 Å². The standard InChI is InChI=1S/C10H15NO.C6H12N3O2P/c1-2-3-8-12-10-6-4-9(11)5-7-10;1-5-6(7)4-9(8-5)2-3-12(10)11/h4-7H,2-3,8,11H2,1H3;4,10-11H,2-3,7H2,1H3. The molecule has 0 aliphatic rings. The van der Waals surface area contributed by atoms with Crippen molar-refractivity contribution in [2.45, 2.75) is 33.2 Å². The summed E-state index contributed by atoms with van der Waals surface area (Å²) in [5.41, 5.74) is 13.3. The molecule has 0 amide bonds. The number of unbranched alkanes of at least 4 members (excludes halogenated alkanes) is 1. The molecule has 7 nitrogen and oxygen atoms in total. The van der Waals surface area contributed by atoms with Crippen LogP contribution in [0.5, 0.6) is 5.75 Å². The van der Waals surface area contributed by atoms with E-state index in [0.29, 0.717) is 18.4 Å². The Labute approximate surface area is 144 Å². The number of ether oxygens (including phenoxy) is 1. The smallest absolute Gasteiger partial charge is 0.166 e. The molecule has 1 heterocycles. The number of aryl methyl sites for hydroxylation is 2. The Kier molecular flexibility index (Phi) is 9.15. The Bertz CT molecular complexity index is 568. The first kappa shape index (κ1) is 20.2. The second-order valence-corrected chi connectivity index (χ2v) is 6.49. The van der Waals surface area contributed by atoms with Crippen LogP contribution in [0.3, 0.4) is 0 Å². The third-order valence-corrected chi connectivity index (χ3v) is 3.76. The maximum absolute atomic E-state index is 8.64. The van der Waals surface area contributed by atoms with Gasteiger partial charge in [-0.3, -0.25) is 4.68 Å². The number of nitrogens with zero attached hydrogens (tertiary/aromatic N) is 2. The fraction of sp³-hybridized carbons (Fsp3) is 0.438. The van der Waals surface area contributed by atoms with Crippen LogP contribution in [0.15, 0.2) is 30.5 Å². The quantitative estimate of drug-likeness (QED) is 0.344. The van der Waals surface area contributed by atoms with Gasteiger partial charge >= 0.3 is 0 Å². The SMILES string of the molecule is CCCCOc1ccc(N)cc1.Cc1nn(CCP(O)O)cc1N. The van der Waals surface area contributed by atoms with Crippen LogP contribution in [-0.2, 0) is 6.54 Å². The van der Waals surface area contributed by atoms with E-state index in [1.807, 2.05) is 31.2 Å². The van der Waals surface area contributed by atoms with Crippen molar-refractivity contribution in [3.8, 4) is 5.75 Å². The van der Waals surface area contributed by atoms with Crippen LogP contribution in [0.4, 0.5) is 11.4 Å². The lowest BCUT2D eigenvalue weighted by Crippen LogP contribution is -2.02. The summed E-state index contributed by atoms with van der Waals surface area (Å²) in [4.78, 5) is 17.3. The molecule has 0 aliphatic carbocycles. The minimum absolute atomic E-state index is 0.329. The number of aromatic nitrogens is 2. The minimum Gasteiger partial charge on any atom is -0.494 e. The van der Waals surface area contributed by atoms with Crippen molar-refractivity contribution >= 4 is 19.8 Å². The highest BCUT2D eigenvalue weighted by Crippen LogP contribution is 2.22. The number of nitrogen functional groups attached to an aromatic ring is 2. The zero-order valence-electron chi connectivity index (χ0n) is 14.2. The van der Waals surface area contributed by atoms with Crippen molar-refractivity contribution in [1.82, 2.24) is 9.78 Å². The van der Waals surface area contributed by atoms with Crippen molar-refractivity contribution in [2.75, 3.05) is 24.2 Å². The molecular formula is C16H27N4O3P. The van der Waals surface area contributed by atoms with Crippen molar-refractivity contribution in [2.24, 2.45) is 0 Å². The van der Waals surface area contributed by atoms with Gasteiger partial charge < -0.3 is 26.0 Å². The monoisotopic (exact) mass is 354 g/mol. The first-order valence-electron chi connectivity index (χ1n) is 7.85. The van der Waals surface area contributed by atoms with Crippen LogP contribution in [0.1, 0.15) is 25.5 Å². The molecule has 1 aromatic heterocycles. The van der Waals surface area contributed by atoms with Crippen molar-refractivity contribution in [1.29, 1.82) is 0 Å². The zero-order valence-corrected chi connectivity index (χ0v) is 15.1. The summed E-state index contributed by atoms with van der Waals surface area (Å²) in [6.45, 7) is 5.25. The lowest BCUT2D eigenvalue weighted by atomic mass is 10.3. The van der Waals surface area contributed by atoms with E-state index in [1.54, 1.807) is 10.9 Å². The number of benzene rings is 1. The Hall–Kier alpha value is -1.82. The van der Waals surface area contributed by atoms with E-state index < -0.39 is 8.38 Å². The summed E-state index contributed by atoms with van der Waals surface area (Å²) in [6, 6.07) is 7.48. The Morgan fingerprint density at radius 3 is 2.38 bits per heavy atom. The number of hydrogen-bond donors (Lipinski definition) is 4. The normalized spacial score (nSPS) is 10.4. The van der Waals surface area contributed by atoms with E-state index in [-0.39, 0.29) is 0 Å². The topological polar surface area (TPSA) is 120 Å². The second-order valence-electron chi connectivity index (χ2n) is 5.30. The van der Waals surface area contributed by atoms with Crippen LogP contribution in [-0.4, -0.2) is 32.3 Å². The van der Waals surface area contributed by atoms with Crippen molar-refractivity contribution in [3.05, 3.63) is 36.2 Å². The predicted octanol–water partition coefficient (Wildman–Crippen LogP) is 2.52. The molecule has 0 spiro atoms. The third kappa shape index (κ3) is 8.15. The van der Waals surface area contributed by atoms with Gasteiger partial charge in [-0.15, -0.1) is 0 Å². The molecule has 2 aromatic rings. The molecule has 0 bridgehead atoms. The number of hydrogen-bond acceptors (Lipinski definition) is 6. The van der Waals surface area contributed by atoms with Crippen molar-refractivity contribution < 1.29 is 14.5 Å². The molecule has 8 heteroatoms. The Morgan fingerprint density at radius 2 is 1.88 bits per heavy atom. The third-order valence-electron chi connectivity index (χ3n) is 3.16. The molecule has 2 rings (SSSR count). The van der Waals surface area contributed by atoms with Crippen LogP contribution in [0.25, 0.3) is 0 Å². The Morgan fingerprint density at radius 1 is 1.21 bits per heavy atom. The average Bonchev–Trinajstić information content (AvgIpc) is 2.87. The fourth-order valence-corrected chi connectivity index (χ4v) is 2.12. The van der Waals surface area contributed by atoms with E-state index in [1.165, 1.54) is 0 Å². The van der Waals surface area contributed by atoms with Crippen LogP contribution >= 0.6 is 8.38 Å². The number of rotatable bonds is 7. The average molecular weight is 354 g/mol. The highest BCUT2D eigenvalue weighted by molar-refractivity contribution is 7.45. The summed E-state index contributed by atoms with van der Waals surface area (Å²) in [7, 11) is -1.83. The van der Waals surface area contributed by atoms with E-state index in [0.717, 1.165) is 36.6 Å². The van der Waals surface area contributed by atoms with E-state index >= 15 is 0 Å². The summed E-state index contributed by atoms with van der Waals surface area (Å²) in [6.07, 6.45) is 4.28. The molecule has 0 saturated heterocycles. The summed E-state index contributed by atoms with van der Waals surface area (Å²) in [5.74, 6) is 0.901. The van der Waals surface area contributed by atoms with Gasteiger partial charge in [-0.2, -0.15) is 5.10 Å². The molecule has 6 N–H and O–H groups in total. The van der Waals surface area contributed by atoms with Gasteiger partial charge in [-0.25, -0.2) is 0 Å². The first-order valence-corrected chi connectivity index (χ1v) is 9.28. The van der Waals surface area contributed by atoms with Gasteiger partial charge in [0.25, 0.3) is 0 Å². The lowest BCUT2D eigenvalue weighted by molar-refractivity contribution is 0.309. The first-order chi connectivity index (χ1) is 11.4. The number of nitrogens with two attached hydrogens (primary N) is 2. The maximum Gasteiger partial charge on any atom is 0.166 e. The molecule has 0 radical (unpaired) electrons. The largest absolute Gasteiger partial charge is 0.494 e. The van der Waals surface area contributed by atoms with Gasteiger partial charge in [0.1, 0.15) is 5.75 Å². The van der Waals surface area contributed by atoms with Crippen LogP contribution < -0.4 is 16.2 Å². The van der Waals surface area contributed by atoms with Gasteiger partial charge in [0.15, 0.2) is 8.38 Å². The summed E-state index contributed by atoms with van der Waals surface area (Å²) in [5, 5.41) is 4.06. The van der Waals surface area contributed by atoms with E-state index in [2.05, 4.69) is 12.0 Å². The molecule has 24 heavy (non-hydrogen) atoms. The molecule has 0 aliphatic heterocycles. The molecule has 134 valence electrons. The predicted molar refractivity (Wildman–Crippen MR) is 98.9 cm³/mol. The van der Waals surface area contributed by atoms with Crippen molar-refractivity contribution in [3.63, 3.8) is 0 Å². The van der Waals surface area contributed by atoms with Crippen LogP contribution in [0.2, 0.25) is 0 Å². The van der Waals surface area contributed by atoms with E-state index in [9.17, 15) is 0 Å².